The van der Waals surface area contributed by atoms with Gasteiger partial charge in [-0.25, -0.2) is 4.98 Å². The molecule has 0 spiro atoms. The number of nitrogens with one attached hydrogen (secondary N) is 2. The summed E-state index contributed by atoms with van der Waals surface area (Å²) in [5.41, 5.74) is -1.15. The van der Waals surface area contributed by atoms with E-state index in [4.69, 9.17) is 23.2 Å². The van der Waals surface area contributed by atoms with Crippen molar-refractivity contribution >= 4 is 40.9 Å². The SMILES string of the molecule is CCCC(C)(NCC(=O)Nc1ncc(Cl)cc1Cl)C(=O)O. The first-order valence-electron chi connectivity index (χ1n) is 6.38. The number of nitrogens with zero attached hydrogens (tertiary/aromatic N) is 1. The van der Waals surface area contributed by atoms with E-state index in [1.54, 1.807) is 6.92 Å². The first kappa shape index (κ1) is 17.7. The van der Waals surface area contributed by atoms with Crippen molar-refractivity contribution in [3.63, 3.8) is 0 Å². The lowest BCUT2D eigenvalue weighted by molar-refractivity contribution is -0.144. The summed E-state index contributed by atoms with van der Waals surface area (Å²) in [6.07, 6.45) is 2.45. The smallest absolute Gasteiger partial charge is 0.323 e. The van der Waals surface area contributed by atoms with Crippen molar-refractivity contribution < 1.29 is 14.7 Å². The van der Waals surface area contributed by atoms with Crippen LogP contribution in [0.4, 0.5) is 5.82 Å². The molecule has 0 radical (unpaired) electrons. The second-order valence-corrected chi connectivity index (χ2v) is 5.62. The van der Waals surface area contributed by atoms with Gasteiger partial charge in [0.1, 0.15) is 5.54 Å². The lowest BCUT2D eigenvalue weighted by Gasteiger charge is -2.25. The van der Waals surface area contributed by atoms with Crippen LogP contribution in [0.25, 0.3) is 0 Å². The Hall–Kier alpha value is -1.37. The van der Waals surface area contributed by atoms with Crippen molar-refractivity contribution in [3.05, 3.63) is 22.3 Å². The van der Waals surface area contributed by atoms with E-state index < -0.39 is 17.4 Å². The number of hydrogen-bond acceptors (Lipinski definition) is 4. The maximum Gasteiger partial charge on any atom is 0.323 e. The molecule has 0 aliphatic heterocycles. The van der Waals surface area contributed by atoms with Gasteiger partial charge < -0.3 is 10.4 Å². The molecule has 8 heteroatoms. The van der Waals surface area contributed by atoms with Crippen LogP contribution in [-0.2, 0) is 9.59 Å². The zero-order valence-corrected chi connectivity index (χ0v) is 13.3. The van der Waals surface area contributed by atoms with Gasteiger partial charge in [0, 0.05) is 6.20 Å². The molecule has 3 N–H and O–H groups in total. The molecule has 1 amide bonds. The Kier molecular flexibility index (Phi) is 6.39. The Morgan fingerprint density at radius 3 is 2.62 bits per heavy atom. The van der Waals surface area contributed by atoms with Gasteiger partial charge in [-0.15, -0.1) is 0 Å². The van der Waals surface area contributed by atoms with E-state index in [1.807, 2.05) is 6.92 Å². The quantitative estimate of drug-likeness (QED) is 0.713. The van der Waals surface area contributed by atoms with Crippen molar-refractivity contribution in [2.45, 2.75) is 32.2 Å². The Labute approximate surface area is 132 Å². The fraction of sp³-hybridized carbons (Fsp3) is 0.462. The maximum absolute atomic E-state index is 11.8. The fourth-order valence-electron chi connectivity index (χ4n) is 1.73. The minimum absolute atomic E-state index is 0.163. The van der Waals surface area contributed by atoms with Gasteiger partial charge in [0.15, 0.2) is 5.82 Å². The van der Waals surface area contributed by atoms with Crippen LogP contribution in [0, 0.1) is 0 Å². The van der Waals surface area contributed by atoms with Crippen LogP contribution >= 0.6 is 23.2 Å². The first-order chi connectivity index (χ1) is 9.78. The molecule has 0 bridgehead atoms. The number of aliphatic carboxylic acids is 1. The molecule has 0 saturated carbocycles. The fourth-order valence-corrected chi connectivity index (χ4v) is 2.16. The van der Waals surface area contributed by atoms with E-state index in [0.29, 0.717) is 17.9 Å². The topological polar surface area (TPSA) is 91.3 Å². The molecule has 0 aromatic carbocycles. The Morgan fingerprint density at radius 2 is 2.10 bits per heavy atom. The summed E-state index contributed by atoms with van der Waals surface area (Å²) in [5, 5.41) is 15.0. The molecule has 0 aliphatic carbocycles. The van der Waals surface area contributed by atoms with Crippen LogP contribution in [0.1, 0.15) is 26.7 Å². The number of pyridine rings is 1. The number of anilines is 1. The molecule has 1 aromatic heterocycles. The van der Waals surface area contributed by atoms with Gasteiger partial charge in [-0.3, -0.25) is 14.9 Å². The van der Waals surface area contributed by atoms with Crippen molar-refractivity contribution in [2.24, 2.45) is 0 Å². The van der Waals surface area contributed by atoms with Gasteiger partial charge in [0.2, 0.25) is 5.91 Å². The van der Waals surface area contributed by atoms with E-state index in [2.05, 4.69) is 15.6 Å². The highest BCUT2D eigenvalue weighted by molar-refractivity contribution is 6.36. The number of carbonyl (C=O) groups is 2. The van der Waals surface area contributed by atoms with Crippen molar-refractivity contribution in [1.29, 1.82) is 0 Å². The lowest BCUT2D eigenvalue weighted by Crippen LogP contribution is -2.51. The molecule has 21 heavy (non-hydrogen) atoms. The molecule has 1 rings (SSSR count). The Balaban J connectivity index is 2.63. The normalized spacial score (nSPS) is 13.5. The van der Waals surface area contributed by atoms with Gasteiger partial charge in [0.25, 0.3) is 0 Å². The van der Waals surface area contributed by atoms with Crippen LogP contribution < -0.4 is 10.6 Å². The summed E-state index contributed by atoms with van der Waals surface area (Å²) in [4.78, 5) is 26.9. The van der Waals surface area contributed by atoms with Crippen molar-refractivity contribution in [2.75, 3.05) is 11.9 Å². The first-order valence-corrected chi connectivity index (χ1v) is 7.13. The number of halogens is 2. The molecule has 1 aromatic rings. The van der Waals surface area contributed by atoms with Crippen LogP contribution in [0.2, 0.25) is 10.0 Å². The third-order valence-corrected chi connectivity index (χ3v) is 3.42. The number of hydrogen-bond donors (Lipinski definition) is 3. The molecule has 6 nitrogen and oxygen atoms in total. The molecular weight excluding hydrogens is 317 g/mol. The zero-order valence-electron chi connectivity index (χ0n) is 11.7. The highest BCUT2D eigenvalue weighted by atomic mass is 35.5. The molecule has 1 heterocycles. The molecule has 116 valence electrons. The van der Waals surface area contributed by atoms with E-state index in [-0.39, 0.29) is 17.4 Å². The van der Waals surface area contributed by atoms with Crippen molar-refractivity contribution in [1.82, 2.24) is 10.3 Å². The van der Waals surface area contributed by atoms with E-state index in [0.717, 1.165) is 0 Å². The van der Waals surface area contributed by atoms with Gasteiger partial charge in [-0.1, -0.05) is 36.5 Å². The predicted molar refractivity (Wildman–Crippen MR) is 81.8 cm³/mol. The predicted octanol–water partition coefficient (Wildman–Crippen LogP) is 2.56. The van der Waals surface area contributed by atoms with Gasteiger partial charge >= 0.3 is 5.97 Å². The average Bonchev–Trinajstić information content (AvgIpc) is 2.40. The van der Waals surface area contributed by atoms with Crippen molar-refractivity contribution in [3.8, 4) is 0 Å². The monoisotopic (exact) mass is 333 g/mol. The van der Waals surface area contributed by atoms with E-state index in [9.17, 15) is 14.7 Å². The van der Waals surface area contributed by atoms with Crippen LogP contribution in [-0.4, -0.2) is 34.1 Å². The molecular formula is C13H17Cl2N3O3. The minimum Gasteiger partial charge on any atom is -0.480 e. The largest absolute Gasteiger partial charge is 0.480 e. The van der Waals surface area contributed by atoms with Crippen LogP contribution in [0.3, 0.4) is 0 Å². The number of aromatic nitrogens is 1. The van der Waals surface area contributed by atoms with Crippen LogP contribution in [0.15, 0.2) is 12.3 Å². The third kappa shape index (κ3) is 5.15. The summed E-state index contributed by atoms with van der Waals surface area (Å²) in [6.45, 7) is 3.25. The molecule has 0 aliphatic rings. The summed E-state index contributed by atoms with van der Waals surface area (Å²) >= 11 is 11.6. The number of carbonyl (C=O) groups excluding carboxylic acids is 1. The average molecular weight is 334 g/mol. The second kappa shape index (κ2) is 7.59. The van der Waals surface area contributed by atoms with E-state index in [1.165, 1.54) is 12.3 Å². The Morgan fingerprint density at radius 1 is 1.43 bits per heavy atom. The molecule has 0 fully saturated rings. The highest BCUT2D eigenvalue weighted by Gasteiger charge is 2.32. The van der Waals surface area contributed by atoms with Gasteiger partial charge in [-0.2, -0.15) is 0 Å². The van der Waals surface area contributed by atoms with Crippen LogP contribution in [0.5, 0.6) is 0 Å². The van der Waals surface area contributed by atoms with Gasteiger partial charge in [-0.05, 0) is 19.4 Å². The summed E-state index contributed by atoms with van der Waals surface area (Å²) in [7, 11) is 0. The zero-order chi connectivity index (χ0) is 16.0. The third-order valence-electron chi connectivity index (χ3n) is 2.93. The summed E-state index contributed by atoms with van der Waals surface area (Å²) in [6, 6.07) is 1.46. The molecule has 1 atom stereocenters. The van der Waals surface area contributed by atoms with Gasteiger partial charge in [0.05, 0.1) is 16.6 Å². The van der Waals surface area contributed by atoms with E-state index >= 15 is 0 Å². The number of carboxylic acids is 1. The number of rotatable bonds is 7. The lowest BCUT2D eigenvalue weighted by atomic mass is 9.96. The highest BCUT2D eigenvalue weighted by Crippen LogP contribution is 2.22. The summed E-state index contributed by atoms with van der Waals surface area (Å²) < 4.78 is 0. The summed E-state index contributed by atoms with van der Waals surface area (Å²) in [5.74, 6) is -1.25. The molecule has 1 unspecified atom stereocenters. The molecule has 0 saturated heterocycles. The number of carboxylic acid groups (broad SMARTS) is 1. The Bertz CT molecular complexity index is 539. The minimum atomic E-state index is -1.15. The standard InChI is InChI=1S/C13H17Cl2N3O3/c1-3-4-13(2,12(20)21)17-7-10(19)18-11-9(15)5-8(14)6-16-11/h5-6,17H,3-4,7H2,1-2H3,(H,20,21)(H,16,18,19). The second-order valence-electron chi connectivity index (χ2n) is 4.77. The maximum atomic E-state index is 11.8. The number of amides is 1.